The molecule has 0 radical (unpaired) electrons. The van der Waals surface area contributed by atoms with Gasteiger partial charge >= 0.3 is 5.97 Å². The highest BCUT2D eigenvalue weighted by Crippen LogP contribution is 2.18. The first kappa shape index (κ1) is 15.7. The van der Waals surface area contributed by atoms with Crippen molar-refractivity contribution in [3.05, 3.63) is 23.2 Å². The summed E-state index contributed by atoms with van der Waals surface area (Å²) in [5, 5.41) is 12.7. The van der Waals surface area contributed by atoms with Crippen molar-refractivity contribution in [2.45, 2.75) is 45.7 Å². The lowest BCUT2D eigenvalue weighted by atomic mass is 9.97. The number of nitrogens with one attached hydrogen (secondary N) is 1. The van der Waals surface area contributed by atoms with Crippen molar-refractivity contribution in [2.75, 3.05) is 13.7 Å². The maximum atomic E-state index is 11.5. The number of rotatable bonds is 7. The van der Waals surface area contributed by atoms with Gasteiger partial charge in [-0.25, -0.2) is 4.79 Å². The minimum Gasteiger partial charge on any atom is -0.465 e. The van der Waals surface area contributed by atoms with Crippen LogP contribution in [0.4, 0.5) is 0 Å². The van der Waals surface area contributed by atoms with Crippen LogP contribution in [0, 0.1) is 6.92 Å². The second-order valence-corrected chi connectivity index (χ2v) is 5.00. The largest absolute Gasteiger partial charge is 0.465 e. The van der Waals surface area contributed by atoms with Gasteiger partial charge in [0.15, 0.2) is 0 Å². The Kier molecular flexibility index (Phi) is 5.57. The summed E-state index contributed by atoms with van der Waals surface area (Å²) in [6.45, 7) is 6.29. The van der Waals surface area contributed by atoms with Crippen molar-refractivity contribution in [3.63, 3.8) is 0 Å². The minimum absolute atomic E-state index is 0.0599. The summed E-state index contributed by atoms with van der Waals surface area (Å²) in [6, 6.07) is 1.68. The summed E-state index contributed by atoms with van der Waals surface area (Å²) in [5.74, 6) is 0.810. The van der Waals surface area contributed by atoms with E-state index in [1.54, 1.807) is 13.0 Å². The molecule has 108 valence electrons. The molecule has 1 atom stereocenters. The van der Waals surface area contributed by atoms with Gasteiger partial charge in [0.25, 0.3) is 0 Å². The van der Waals surface area contributed by atoms with Crippen molar-refractivity contribution >= 4 is 5.97 Å². The van der Waals surface area contributed by atoms with Gasteiger partial charge in [-0.05, 0) is 26.3 Å². The molecule has 0 saturated heterocycles. The molecule has 0 aromatic carbocycles. The molecule has 0 saturated carbocycles. The summed E-state index contributed by atoms with van der Waals surface area (Å²) in [4.78, 5) is 11.5. The van der Waals surface area contributed by atoms with E-state index < -0.39 is 5.97 Å². The molecule has 2 N–H and O–H groups in total. The minimum atomic E-state index is -0.397. The zero-order chi connectivity index (χ0) is 14.5. The summed E-state index contributed by atoms with van der Waals surface area (Å²) in [6.07, 6.45) is 1.85. The van der Waals surface area contributed by atoms with Crippen LogP contribution in [0.25, 0.3) is 0 Å². The average molecular weight is 269 g/mol. The smallest absolute Gasteiger partial charge is 0.341 e. The lowest BCUT2D eigenvalue weighted by Gasteiger charge is -2.28. The van der Waals surface area contributed by atoms with Crippen LogP contribution in [-0.2, 0) is 11.3 Å². The van der Waals surface area contributed by atoms with Crippen LogP contribution in [0.1, 0.15) is 48.6 Å². The Morgan fingerprint density at radius 1 is 1.58 bits per heavy atom. The lowest BCUT2D eigenvalue weighted by Crippen LogP contribution is -2.45. The summed E-state index contributed by atoms with van der Waals surface area (Å²) < 4.78 is 10.2. The summed E-state index contributed by atoms with van der Waals surface area (Å²) in [5.41, 5.74) is 0.112. The molecule has 1 aromatic heterocycles. The topological polar surface area (TPSA) is 71.7 Å². The molecule has 0 bridgehead atoms. The van der Waals surface area contributed by atoms with Crippen molar-refractivity contribution in [1.29, 1.82) is 0 Å². The summed E-state index contributed by atoms with van der Waals surface area (Å²) in [7, 11) is 1.34. The molecule has 0 aliphatic carbocycles. The molecule has 0 aliphatic heterocycles. The van der Waals surface area contributed by atoms with Gasteiger partial charge in [0.05, 0.1) is 20.3 Å². The highest BCUT2D eigenvalue weighted by atomic mass is 16.5. The SMILES string of the molecule is CCCC(C)(CO)NCc1cc(C(=O)OC)c(C)o1. The van der Waals surface area contributed by atoms with E-state index in [1.165, 1.54) is 7.11 Å². The number of aryl methyl sites for hydroxylation is 1. The average Bonchev–Trinajstić information content (AvgIpc) is 2.77. The van der Waals surface area contributed by atoms with Crippen LogP contribution >= 0.6 is 0 Å². The molecule has 19 heavy (non-hydrogen) atoms. The van der Waals surface area contributed by atoms with Crippen LogP contribution < -0.4 is 5.32 Å². The number of methoxy groups -OCH3 is 1. The van der Waals surface area contributed by atoms with Gasteiger partial charge in [-0.1, -0.05) is 13.3 Å². The van der Waals surface area contributed by atoms with Crippen LogP contribution in [0.15, 0.2) is 10.5 Å². The molecule has 0 spiro atoms. The maximum absolute atomic E-state index is 11.5. The highest BCUT2D eigenvalue weighted by molar-refractivity contribution is 5.90. The van der Waals surface area contributed by atoms with E-state index in [1.807, 2.05) is 6.92 Å². The first-order valence-corrected chi connectivity index (χ1v) is 6.49. The van der Waals surface area contributed by atoms with Crippen molar-refractivity contribution < 1.29 is 19.1 Å². The summed E-state index contributed by atoms with van der Waals surface area (Å²) >= 11 is 0. The number of furan rings is 1. The highest BCUT2D eigenvalue weighted by Gasteiger charge is 2.22. The van der Waals surface area contributed by atoms with Crippen molar-refractivity contribution in [1.82, 2.24) is 5.32 Å². The van der Waals surface area contributed by atoms with E-state index in [0.29, 0.717) is 23.6 Å². The zero-order valence-electron chi connectivity index (χ0n) is 12.1. The molecule has 0 aliphatic rings. The lowest BCUT2D eigenvalue weighted by molar-refractivity contribution is 0.0599. The molecular weight excluding hydrogens is 246 g/mol. The Balaban J connectivity index is 2.70. The van der Waals surface area contributed by atoms with Crippen LogP contribution in [0.5, 0.6) is 0 Å². The zero-order valence-corrected chi connectivity index (χ0v) is 12.1. The van der Waals surface area contributed by atoms with Gasteiger partial charge in [0.2, 0.25) is 0 Å². The number of carbonyl (C=O) groups excluding carboxylic acids is 1. The van der Waals surface area contributed by atoms with Crippen molar-refractivity contribution in [2.24, 2.45) is 0 Å². The second-order valence-electron chi connectivity index (χ2n) is 5.00. The normalized spacial score (nSPS) is 14.2. The van der Waals surface area contributed by atoms with E-state index in [-0.39, 0.29) is 12.1 Å². The van der Waals surface area contributed by atoms with E-state index in [0.717, 1.165) is 12.8 Å². The number of aliphatic hydroxyl groups excluding tert-OH is 1. The Morgan fingerprint density at radius 3 is 2.79 bits per heavy atom. The van der Waals surface area contributed by atoms with Crippen molar-refractivity contribution in [3.8, 4) is 0 Å². The number of carbonyl (C=O) groups is 1. The molecule has 5 heteroatoms. The van der Waals surface area contributed by atoms with E-state index in [4.69, 9.17) is 4.42 Å². The molecular formula is C14H23NO4. The first-order chi connectivity index (χ1) is 8.95. The monoisotopic (exact) mass is 269 g/mol. The molecule has 1 rings (SSSR count). The number of ether oxygens (including phenoxy) is 1. The Morgan fingerprint density at radius 2 is 2.26 bits per heavy atom. The maximum Gasteiger partial charge on any atom is 0.341 e. The van der Waals surface area contributed by atoms with Gasteiger partial charge in [-0.15, -0.1) is 0 Å². The van der Waals surface area contributed by atoms with Gasteiger partial charge in [-0.3, -0.25) is 0 Å². The molecule has 0 amide bonds. The third kappa shape index (κ3) is 4.08. The molecule has 0 fully saturated rings. The molecule has 5 nitrogen and oxygen atoms in total. The Labute approximate surface area is 113 Å². The second kappa shape index (κ2) is 6.73. The number of hydrogen-bond acceptors (Lipinski definition) is 5. The van der Waals surface area contributed by atoms with Gasteiger partial charge in [-0.2, -0.15) is 0 Å². The molecule has 1 heterocycles. The molecule has 1 aromatic rings. The van der Waals surface area contributed by atoms with Crippen LogP contribution in [0.3, 0.4) is 0 Å². The quantitative estimate of drug-likeness (QED) is 0.741. The predicted octanol–water partition coefficient (Wildman–Crippen LogP) is 2.02. The van der Waals surface area contributed by atoms with E-state index in [9.17, 15) is 9.90 Å². The fraction of sp³-hybridized carbons (Fsp3) is 0.643. The van der Waals surface area contributed by atoms with Gasteiger partial charge in [0.1, 0.15) is 17.1 Å². The fourth-order valence-electron chi connectivity index (χ4n) is 2.02. The van der Waals surface area contributed by atoms with Crippen LogP contribution in [-0.4, -0.2) is 30.3 Å². The van der Waals surface area contributed by atoms with Gasteiger partial charge < -0.3 is 19.6 Å². The Bertz CT molecular complexity index is 427. The number of aliphatic hydroxyl groups is 1. The predicted molar refractivity (Wildman–Crippen MR) is 72.0 cm³/mol. The standard InChI is InChI=1S/C14H23NO4/c1-5-6-14(3,9-16)15-8-11-7-12(10(2)19-11)13(17)18-4/h7,15-16H,5-6,8-9H2,1-4H3. The van der Waals surface area contributed by atoms with Crippen LogP contribution in [0.2, 0.25) is 0 Å². The van der Waals surface area contributed by atoms with E-state index >= 15 is 0 Å². The fourth-order valence-corrected chi connectivity index (χ4v) is 2.02. The number of esters is 1. The third-order valence-electron chi connectivity index (χ3n) is 3.21. The Hall–Kier alpha value is -1.33. The van der Waals surface area contributed by atoms with E-state index in [2.05, 4.69) is 17.0 Å². The third-order valence-corrected chi connectivity index (χ3v) is 3.21. The first-order valence-electron chi connectivity index (χ1n) is 6.49. The number of hydrogen-bond donors (Lipinski definition) is 2. The molecule has 1 unspecified atom stereocenters. The van der Waals surface area contributed by atoms with Gasteiger partial charge in [0, 0.05) is 5.54 Å².